The number of hydrogen-bond donors (Lipinski definition) is 2. The largest absolute Gasteiger partial charge is 0.470 e. The second-order valence-corrected chi connectivity index (χ2v) is 8.83. The Morgan fingerprint density at radius 1 is 1.23 bits per heavy atom. The number of halogens is 1. The molecule has 4 aromatic rings. The highest BCUT2D eigenvalue weighted by molar-refractivity contribution is 5.90. The number of hydrogen-bond acceptors (Lipinski definition) is 9. The van der Waals surface area contributed by atoms with E-state index in [1.807, 2.05) is 30.3 Å². The van der Waals surface area contributed by atoms with E-state index in [-0.39, 0.29) is 6.61 Å². The fraction of sp³-hybridized carbons (Fsp3) is 0.308. The van der Waals surface area contributed by atoms with Gasteiger partial charge in [-0.3, -0.25) is 10.2 Å². The zero-order chi connectivity index (χ0) is 27.2. The zero-order valence-corrected chi connectivity index (χ0v) is 21.4. The Hall–Kier alpha value is -4.33. The number of amides is 2. The maximum absolute atomic E-state index is 13.9. The minimum Gasteiger partial charge on any atom is -0.470 e. The molecule has 0 saturated carbocycles. The SMILES string of the molecule is COCCN1C[C@@H](NC(=O)Nc2c(C)c(OCc3ccon3)nn2-c2ccccc2)[C@H](c2ccnc(F)c2)O1. The second kappa shape index (κ2) is 12.0. The van der Waals surface area contributed by atoms with Crippen LogP contribution in [-0.2, 0) is 16.2 Å². The molecule has 2 amide bonds. The van der Waals surface area contributed by atoms with Crippen LogP contribution in [0.4, 0.5) is 15.0 Å². The number of aromatic nitrogens is 4. The highest BCUT2D eigenvalue weighted by atomic mass is 19.1. The Labute approximate surface area is 223 Å². The summed E-state index contributed by atoms with van der Waals surface area (Å²) < 4.78 is 31.3. The number of urea groups is 1. The highest BCUT2D eigenvalue weighted by Gasteiger charge is 2.37. The molecule has 204 valence electrons. The lowest BCUT2D eigenvalue weighted by atomic mass is 10.0. The summed E-state index contributed by atoms with van der Waals surface area (Å²) in [6.07, 6.45) is 2.21. The molecule has 1 aliphatic heterocycles. The van der Waals surface area contributed by atoms with Crippen LogP contribution in [0.15, 0.2) is 65.5 Å². The molecule has 1 aliphatic rings. The van der Waals surface area contributed by atoms with Crippen molar-refractivity contribution < 1.29 is 28.0 Å². The van der Waals surface area contributed by atoms with Crippen LogP contribution >= 0.6 is 0 Å². The van der Waals surface area contributed by atoms with Gasteiger partial charge in [0, 0.05) is 32.5 Å². The van der Waals surface area contributed by atoms with Crippen molar-refractivity contribution in [2.45, 2.75) is 25.7 Å². The van der Waals surface area contributed by atoms with Gasteiger partial charge < -0.3 is 19.3 Å². The number of pyridine rings is 1. The molecule has 3 aromatic heterocycles. The average Bonchev–Trinajstić information content (AvgIpc) is 3.67. The second-order valence-electron chi connectivity index (χ2n) is 8.83. The lowest BCUT2D eigenvalue weighted by molar-refractivity contribution is -0.154. The first-order valence-corrected chi connectivity index (χ1v) is 12.3. The highest BCUT2D eigenvalue weighted by Crippen LogP contribution is 2.31. The quantitative estimate of drug-likeness (QED) is 0.293. The van der Waals surface area contributed by atoms with E-state index in [4.69, 9.17) is 18.8 Å². The first kappa shape index (κ1) is 26.3. The number of ether oxygens (including phenoxy) is 2. The predicted molar refractivity (Wildman–Crippen MR) is 137 cm³/mol. The van der Waals surface area contributed by atoms with Crippen molar-refractivity contribution in [3.63, 3.8) is 0 Å². The molecule has 0 radical (unpaired) electrons. The van der Waals surface area contributed by atoms with E-state index < -0.39 is 24.1 Å². The van der Waals surface area contributed by atoms with Crippen molar-refractivity contribution in [3.05, 3.63) is 83.8 Å². The van der Waals surface area contributed by atoms with E-state index in [1.165, 1.54) is 18.5 Å². The van der Waals surface area contributed by atoms with Crippen molar-refractivity contribution in [1.29, 1.82) is 0 Å². The molecule has 4 heterocycles. The molecule has 5 rings (SSSR count). The molecule has 12 nitrogen and oxygen atoms in total. The predicted octanol–water partition coefficient (Wildman–Crippen LogP) is 3.41. The summed E-state index contributed by atoms with van der Waals surface area (Å²) in [4.78, 5) is 22.9. The third-order valence-electron chi connectivity index (χ3n) is 6.13. The maximum atomic E-state index is 13.9. The number of anilines is 1. The molecule has 1 aromatic carbocycles. The molecule has 2 N–H and O–H groups in total. The van der Waals surface area contributed by atoms with Gasteiger partial charge in [-0.15, -0.1) is 5.10 Å². The summed E-state index contributed by atoms with van der Waals surface area (Å²) in [5, 5.41) is 16.0. The summed E-state index contributed by atoms with van der Waals surface area (Å²) in [5.41, 5.74) is 2.51. The van der Waals surface area contributed by atoms with Crippen LogP contribution in [0.25, 0.3) is 5.69 Å². The van der Waals surface area contributed by atoms with Gasteiger partial charge in [-0.2, -0.15) is 9.45 Å². The van der Waals surface area contributed by atoms with Crippen molar-refractivity contribution >= 4 is 11.8 Å². The number of para-hydroxylation sites is 1. The fourth-order valence-electron chi connectivity index (χ4n) is 4.22. The number of rotatable bonds is 10. The summed E-state index contributed by atoms with van der Waals surface area (Å²) in [6.45, 7) is 3.23. The van der Waals surface area contributed by atoms with Crippen molar-refractivity contribution in [2.75, 3.05) is 32.1 Å². The zero-order valence-electron chi connectivity index (χ0n) is 21.4. The molecule has 39 heavy (non-hydrogen) atoms. The lowest BCUT2D eigenvalue weighted by Gasteiger charge is -2.19. The minimum absolute atomic E-state index is 0.148. The first-order chi connectivity index (χ1) is 19.0. The van der Waals surface area contributed by atoms with E-state index in [1.54, 1.807) is 35.9 Å². The van der Waals surface area contributed by atoms with Crippen LogP contribution in [0.1, 0.15) is 22.9 Å². The third kappa shape index (κ3) is 6.22. The van der Waals surface area contributed by atoms with Gasteiger partial charge in [-0.05, 0) is 36.8 Å². The van der Waals surface area contributed by atoms with Crippen LogP contribution in [0.2, 0.25) is 0 Å². The van der Waals surface area contributed by atoms with E-state index in [0.717, 1.165) is 5.69 Å². The standard InChI is InChI=1S/C26H28FN7O5/c1-17-24(34(20-6-4-3-5-7-20)31-25(17)37-16-19-9-12-38-32-19)30-26(35)29-21-15-33(11-13-36-2)39-23(21)18-8-10-28-22(27)14-18/h3-10,12,14,21,23H,11,13,15-16H2,1-2H3,(H2,29,30,35)/t21-,23+/m1/s1. The van der Waals surface area contributed by atoms with Crippen LogP contribution in [0.5, 0.6) is 5.88 Å². The van der Waals surface area contributed by atoms with Crippen LogP contribution in [0.3, 0.4) is 0 Å². The van der Waals surface area contributed by atoms with Crippen LogP contribution < -0.4 is 15.4 Å². The topological polar surface area (TPSA) is 129 Å². The summed E-state index contributed by atoms with van der Waals surface area (Å²) in [7, 11) is 1.59. The van der Waals surface area contributed by atoms with Gasteiger partial charge in [0.2, 0.25) is 11.8 Å². The molecule has 2 atom stereocenters. The molecule has 13 heteroatoms. The monoisotopic (exact) mass is 537 g/mol. The number of nitrogens with zero attached hydrogens (tertiary/aromatic N) is 5. The normalized spacial score (nSPS) is 17.3. The molecule has 1 saturated heterocycles. The molecular weight excluding hydrogens is 509 g/mol. The van der Waals surface area contributed by atoms with Gasteiger partial charge in [-0.25, -0.2) is 14.5 Å². The molecule has 0 aliphatic carbocycles. The van der Waals surface area contributed by atoms with E-state index in [0.29, 0.717) is 48.2 Å². The number of hydroxylamine groups is 2. The van der Waals surface area contributed by atoms with Gasteiger partial charge >= 0.3 is 6.03 Å². The first-order valence-electron chi connectivity index (χ1n) is 12.3. The van der Waals surface area contributed by atoms with Gasteiger partial charge in [0.1, 0.15) is 30.5 Å². The van der Waals surface area contributed by atoms with E-state index in [2.05, 4.69) is 25.9 Å². The van der Waals surface area contributed by atoms with Gasteiger partial charge in [0.05, 0.1) is 23.9 Å². The van der Waals surface area contributed by atoms with Crippen molar-refractivity contribution in [3.8, 4) is 11.6 Å². The van der Waals surface area contributed by atoms with Gasteiger partial charge in [0.25, 0.3) is 0 Å². The van der Waals surface area contributed by atoms with Gasteiger partial charge in [-0.1, -0.05) is 23.4 Å². The number of nitrogens with one attached hydrogen (secondary N) is 2. The average molecular weight is 538 g/mol. The number of carbonyl (C=O) groups is 1. The van der Waals surface area contributed by atoms with Crippen molar-refractivity contribution in [2.24, 2.45) is 0 Å². The molecule has 1 fully saturated rings. The van der Waals surface area contributed by atoms with E-state index >= 15 is 0 Å². The minimum atomic E-state index is -0.629. The summed E-state index contributed by atoms with van der Waals surface area (Å²) in [5.74, 6) is 0.128. The van der Waals surface area contributed by atoms with Crippen molar-refractivity contribution in [1.82, 2.24) is 30.3 Å². The van der Waals surface area contributed by atoms with Crippen LogP contribution in [-0.4, -0.2) is 63.9 Å². The molecule has 0 unspecified atom stereocenters. The smallest absolute Gasteiger partial charge is 0.320 e. The third-order valence-corrected chi connectivity index (χ3v) is 6.13. The number of carbonyl (C=O) groups excluding carboxylic acids is 1. The maximum Gasteiger partial charge on any atom is 0.320 e. The lowest BCUT2D eigenvalue weighted by Crippen LogP contribution is -2.42. The Morgan fingerprint density at radius 2 is 2.08 bits per heavy atom. The van der Waals surface area contributed by atoms with Crippen LogP contribution in [0, 0.1) is 12.9 Å². The number of methoxy groups -OCH3 is 1. The number of benzene rings is 1. The van der Waals surface area contributed by atoms with E-state index in [9.17, 15) is 9.18 Å². The molecule has 0 bridgehead atoms. The Bertz CT molecular complexity index is 1380. The summed E-state index contributed by atoms with van der Waals surface area (Å²) >= 11 is 0. The molecular formula is C26H28FN7O5. The molecule has 0 spiro atoms. The van der Waals surface area contributed by atoms with Gasteiger partial charge in [0.15, 0.2) is 0 Å². The summed E-state index contributed by atoms with van der Waals surface area (Å²) in [6, 6.07) is 13.0. The Morgan fingerprint density at radius 3 is 2.82 bits per heavy atom. The Balaban J connectivity index is 1.36. The Kier molecular flexibility index (Phi) is 8.10. The fourth-order valence-corrected chi connectivity index (χ4v) is 4.22.